The van der Waals surface area contributed by atoms with E-state index in [9.17, 15) is 0 Å². The monoisotopic (exact) mass is 292 g/mol. The molecule has 1 atom stereocenters. The fourth-order valence-corrected chi connectivity index (χ4v) is 2.50. The third-order valence-corrected chi connectivity index (χ3v) is 3.96. The molecule has 1 rings (SSSR count). The predicted octanol–water partition coefficient (Wildman–Crippen LogP) is 3.43. The number of benzene rings is 1. The Bertz CT molecular complexity index is 375. The zero-order valence-corrected chi connectivity index (χ0v) is 14.4. The average Bonchev–Trinajstić information content (AvgIpc) is 2.50. The standard InChI is InChI=1S/C18H32N2O/c1-6-19-18(14-20(7-2)12-13-21-5)17-10-8-16(9-11-17)15(3)4/h8-11,15,18-19H,6-7,12-14H2,1-5H3. The third-order valence-electron chi connectivity index (χ3n) is 3.96. The summed E-state index contributed by atoms with van der Waals surface area (Å²) in [5.41, 5.74) is 2.78. The van der Waals surface area contributed by atoms with Crippen molar-refractivity contribution < 1.29 is 4.74 Å². The lowest BCUT2D eigenvalue weighted by Crippen LogP contribution is -2.37. The zero-order chi connectivity index (χ0) is 15.7. The summed E-state index contributed by atoms with van der Waals surface area (Å²) in [6.45, 7) is 13.7. The summed E-state index contributed by atoms with van der Waals surface area (Å²) in [5, 5.41) is 3.61. The lowest BCUT2D eigenvalue weighted by molar-refractivity contribution is 0.144. The van der Waals surface area contributed by atoms with E-state index < -0.39 is 0 Å². The second-order valence-electron chi connectivity index (χ2n) is 5.82. The fraction of sp³-hybridized carbons (Fsp3) is 0.667. The molecule has 0 saturated heterocycles. The van der Waals surface area contributed by atoms with Crippen LogP contribution in [0, 0.1) is 0 Å². The Hall–Kier alpha value is -0.900. The molecule has 1 unspecified atom stereocenters. The molecule has 1 aromatic rings. The summed E-state index contributed by atoms with van der Waals surface area (Å²) in [7, 11) is 1.76. The van der Waals surface area contributed by atoms with E-state index in [1.54, 1.807) is 7.11 Å². The third kappa shape index (κ3) is 6.16. The molecule has 0 fully saturated rings. The van der Waals surface area contributed by atoms with E-state index in [2.05, 4.69) is 62.2 Å². The van der Waals surface area contributed by atoms with Crippen molar-refractivity contribution in [3.63, 3.8) is 0 Å². The molecular formula is C18H32N2O. The van der Waals surface area contributed by atoms with E-state index in [1.165, 1.54) is 11.1 Å². The number of ether oxygens (including phenoxy) is 1. The molecule has 1 aromatic carbocycles. The van der Waals surface area contributed by atoms with Gasteiger partial charge in [-0.1, -0.05) is 52.0 Å². The van der Waals surface area contributed by atoms with Crippen molar-refractivity contribution in [2.24, 2.45) is 0 Å². The molecule has 0 spiro atoms. The SMILES string of the molecule is CCNC(CN(CC)CCOC)c1ccc(C(C)C)cc1. The van der Waals surface area contributed by atoms with E-state index in [-0.39, 0.29) is 0 Å². The molecule has 120 valence electrons. The van der Waals surface area contributed by atoms with Crippen LogP contribution in [0.5, 0.6) is 0 Å². The van der Waals surface area contributed by atoms with Crippen LogP contribution in [0.25, 0.3) is 0 Å². The summed E-state index contributed by atoms with van der Waals surface area (Å²) in [6, 6.07) is 9.44. The molecule has 0 aliphatic carbocycles. The highest BCUT2D eigenvalue weighted by Crippen LogP contribution is 2.19. The second kappa shape index (κ2) is 9.93. The second-order valence-corrected chi connectivity index (χ2v) is 5.82. The van der Waals surface area contributed by atoms with E-state index in [0.717, 1.165) is 32.8 Å². The maximum absolute atomic E-state index is 5.20. The van der Waals surface area contributed by atoms with Gasteiger partial charge in [-0.15, -0.1) is 0 Å². The zero-order valence-electron chi connectivity index (χ0n) is 14.4. The first-order valence-electron chi connectivity index (χ1n) is 8.16. The van der Waals surface area contributed by atoms with Gasteiger partial charge in [-0.05, 0) is 30.1 Å². The van der Waals surface area contributed by atoms with Crippen molar-refractivity contribution in [2.75, 3.05) is 39.9 Å². The van der Waals surface area contributed by atoms with Crippen LogP contribution in [-0.4, -0.2) is 44.8 Å². The highest BCUT2D eigenvalue weighted by atomic mass is 16.5. The van der Waals surface area contributed by atoms with E-state index >= 15 is 0 Å². The van der Waals surface area contributed by atoms with Gasteiger partial charge < -0.3 is 10.1 Å². The Morgan fingerprint density at radius 3 is 2.19 bits per heavy atom. The predicted molar refractivity (Wildman–Crippen MR) is 90.9 cm³/mol. The van der Waals surface area contributed by atoms with Crippen molar-refractivity contribution in [1.82, 2.24) is 10.2 Å². The normalized spacial score (nSPS) is 13.1. The molecule has 0 bridgehead atoms. The van der Waals surface area contributed by atoms with Crippen molar-refractivity contribution in [3.8, 4) is 0 Å². The van der Waals surface area contributed by atoms with Crippen LogP contribution in [0.4, 0.5) is 0 Å². The molecule has 0 aliphatic heterocycles. The molecule has 0 amide bonds. The van der Waals surface area contributed by atoms with E-state index in [1.807, 2.05) is 0 Å². The minimum absolute atomic E-state index is 0.382. The van der Waals surface area contributed by atoms with Gasteiger partial charge in [-0.25, -0.2) is 0 Å². The van der Waals surface area contributed by atoms with Crippen LogP contribution in [0.15, 0.2) is 24.3 Å². The maximum atomic E-state index is 5.20. The van der Waals surface area contributed by atoms with E-state index in [0.29, 0.717) is 12.0 Å². The van der Waals surface area contributed by atoms with Crippen LogP contribution >= 0.6 is 0 Å². The maximum Gasteiger partial charge on any atom is 0.0589 e. The lowest BCUT2D eigenvalue weighted by atomic mass is 9.98. The van der Waals surface area contributed by atoms with Gasteiger partial charge >= 0.3 is 0 Å². The van der Waals surface area contributed by atoms with Crippen molar-refractivity contribution >= 4 is 0 Å². The smallest absolute Gasteiger partial charge is 0.0589 e. The Labute approximate surface area is 130 Å². The first kappa shape index (κ1) is 18.1. The molecule has 1 N–H and O–H groups in total. The molecule has 0 heterocycles. The summed E-state index contributed by atoms with van der Waals surface area (Å²) < 4.78 is 5.20. The molecule has 0 radical (unpaired) electrons. The number of rotatable bonds is 10. The molecule has 3 heteroatoms. The number of likely N-dealkylation sites (N-methyl/N-ethyl adjacent to an activating group) is 2. The Morgan fingerprint density at radius 2 is 1.71 bits per heavy atom. The number of nitrogens with one attached hydrogen (secondary N) is 1. The van der Waals surface area contributed by atoms with Gasteiger partial charge in [0.25, 0.3) is 0 Å². The minimum Gasteiger partial charge on any atom is -0.383 e. The summed E-state index contributed by atoms with van der Waals surface area (Å²) in [4.78, 5) is 2.44. The van der Waals surface area contributed by atoms with Gasteiger partial charge in [0.05, 0.1) is 6.61 Å². The van der Waals surface area contributed by atoms with Crippen molar-refractivity contribution in [2.45, 2.75) is 39.7 Å². The van der Waals surface area contributed by atoms with Crippen LogP contribution in [0.1, 0.15) is 50.8 Å². The van der Waals surface area contributed by atoms with Crippen molar-refractivity contribution in [3.05, 3.63) is 35.4 Å². The number of hydrogen-bond acceptors (Lipinski definition) is 3. The number of nitrogens with zero attached hydrogens (tertiary/aromatic N) is 1. The van der Waals surface area contributed by atoms with Gasteiger partial charge in [-0.3, -0.25) is 4.90 Å². The first-order chi connectivity index (χ1) is 10.1. The van der Waals surface area contributed by atoms with Gasteiger partial charge in [0.2, 0.25) is 0 Å². The molecule has 3 nitrogen and oxygen atoms in total. The fourth-order valence-electron chi connectivity index (χ4n) is 2.50. The van der Waals surface area contributed by atoms with Gasteiger partial charge in [0.15, 0.2) is 0 Å². The molecule has 0 aromatic heterocycles. The van der Waals surface area contributed by atoms with Gasteiger partial charge in [0.1, 0.15) is 0 Å². The largest absolute Gasteiger partial charge is 0.383 e. The van der Waals surface area contributed by atoms with Crippen molar-refractivity contribution in [1.29, 1.82) is 0 Å². The van der Waals surface area contributed by atoms with Crippen LogP contribution in [0.2, 0.25) is 0 Å². The van der Waals surface area contributed by atoms with Crippen LogP contribution in [0.3, 0.4) is 0 Å². The molecule has 0 saturated carbocycles. The highest BCUT2D eigenvalue weighted by Gasteiger charge is 2.14. The van der Waals surface area contributed by atoms with Gasteiger partial charge in [-0.2, -0.15) is 0 Å². The molecule has 0 aliphatic rings. The quantitative estimate of drug-likeness (QED) is 0.715. The summed E-state index contributed by atoms with van der Waals surface area (Å²) in [5.74, 6) is 0.588. The Balaban J connectivity index is 2.74. The lowest BCUT2D eigenvalue weighted by Gasteiger charge is -2.27. The first-order valence-corrected chi connectivity index (χ1v) is 8.16. The number of methoxy groups -OCH3 is 1. The number of hydrogen-bond donors (Lipinski definition) is 1. The Morgan fingerprint density at radius 1 is 1.10 bits per heavy atom. The highest BCUT2D eigenvalue weighted by molar-refractivity contribution is 5.27. The topological polar surface area (TPSA) is 24.5 Å². The minimum atomic E-state index is 0.382. The molecule has 21 heavy (non-hydrogen) atoms. The van der Waals surface area contributed by atoms with Crippen LogP contribution in [-0.2, 0) is 4.74 Å². The summed E-state index contributed by atoms with van der Waals surface area (Å²) in [6.07, 6.45) is 0. The Kier molecular flexibility index (Phi) is 8.58. The van der Waals surface area contributed by atoms with Crippen LogP contribution < -0.4 is 5.32 Å². The average molecular weight is 292 g/mol. The molecular weight excluding hydrogens is 260 g/mol. The van der Waals surface area contributed by atoms with E-state index in [4.69, 9.17) is 4.74 Å². The summed E-state index contributed by atoms with van der Waals surface area (Å²) >= 11 is 0. The van der Waals surface area contributed by atoms with Gasteiger partial charge in [0, 0.05) is 26.2 Å².